The number of aromatic amines is 1. The number of hydrogen-bond acceptors (Lipinski definition) is 4. The third kappa shape index (κ3) is 2.55. The Morgan fingerprint density at radius 3 is 2.88 bits per heavy atom. The predicted molar refractivity (Wildman–Crippen MR) is 95.7 cm³/mol. The second-order valence-corrected chi connectivity index (χ2v) is 6.43. The van der Waals surface area contributed by atoms with Crippen LogP contribution in [0.3, 0.4) is 0 Å². The molecule has 2 heterocycles. The van der Waals surface area contributed by atoms with E-state index in [4.69, 9.17) is 4.52 Å². The maximum atomic E-state index is 12.7. The molecule has 0 saturated heterocycles. The summed E-state index contributed by atoms with van der Waals surface area (Å²) in [6.45, 7) is 1.95. The summed E-state index contributed by atoms with van der Waals surface area (Å²) in [5.41, 5.74) is 2.85. The van der Waals surface area contributed by atoms with Gasteiger partial charge in [0.1, 0.15) is 5.56 Å². The Hall–Kier alpha value is -2.73. The van der Waals surface area contributed by atoms with Crippen LogP contribution in [0.1, 0.15) is 5.56 Å². The standard InChI is InChI=1S/C18H12BrN3O2/c1-10-5-6-15-13(7-10)16(23)14(9-20-15)18-21-17(22-24-18)11-3-2-4-12(19)8-11/h2-9H,1H3,(H,20,23). The lowest BCUT2D eigenvalue weighted by molar-refractivity contribution is 0.432. The Morgan fingerprint density at radius 1 is 1.17 bits per heavy atom. The van der Waals surface area contributed by atoms with Crippen LogP contribution in [0, 0.1) is 6.92 Å². The minimum atomic E-state index is -0.128. The van der Waals surface area contributed by atoms with Crippen molar-refractivity contribution in [1.82, 2.24) is 15.1 Å². The zero-order chi connectivity index (χ0) is 16.7. The summed E-state index contributed by atoms with van der Waals surface area (Å²) in [4.78, 5) is 20.2. The van der Waals surface area contributed by atoms with E-state index in [9.17, 15) is 4.79 Å². The van der Waals surface area contributed by atoms with Gasteiger partial charge in [0.2, 0.25) is 11.3 Å². The first kappa shape index (κ1) is 14.8. The lowest BCUT2D eigenvalue weighted by Crippen LogP contribution is -2.06. The number of nitrogens with zero attached hydrogens (tertiary/aromatic N) is 2. The molecule has 118 valence electrons. The largest absolute Gasteiger partial charge is 0.360 e. The molecule has 0 fully saturated rings. The van der Waals surface area contributed by atoms with E-state index in [2.05, 4.69) is 31.1 Å². The molecule has 24 heavy (non-hydrogen) atoms. The average molecular weight is 382 g/mol. The molecule has 0 spiro atoms. The number of aromatic nitrogens is 3. The molecule has 1 N–H and O–H groups in total. The van der Waals surface area contributed by atoms with Gasteiger partial charge in [0.05, 0.1) is 0 Å². The van der Waals surface area contributed by atoms with Gasteiger partial charge in [0.25, 0.3) is 5.89 Å². The highest BCUT2D eigenvalue weighted by molar-refractivity contribution is 9.10. The highest BCUT2D eigenvalue weighted by Crippen LogP contribution is 2.23. The second kappa shape index (κ2) is 5.72. The number of nitrogens with one attached hydrogen (secondary N) is 1. The van der Waals surface area contributed by atoms with Gasteiger partial charge in [-0.1, -0.05) is 44.8 Å². The van der Waals surface area contributed by atoms with E-state index in [1.165, 1.54) is 0 Å². The third-order valence-electron chi connectivity index (χ3n) is 3.78. The van der Waals surface area contributed by atoms with E-state index in [0.717, 1.165) is 21.1 Å². The van der Waals surface area contributed by atoms with Gasteiger partial charge in [-0.15, -0.1) is 0 Å². The number of pyridine rings is 1. The molecule has 4 rings (SSSR count). The predicted octanol–water partition coefficient (Wildman–Crippen LogP) is 4.32. The van der Waals surface area contributed by atoms with Crippen molar-refractivity contribution in [3.63, 3.8) is 0 Å². The molecular formula is C18H12BrN3O2. The fraction of sp³-hybridized carbons (Fsp3) is 0.0556. The molecule has 0 aliphatic heterocycles. The lowest BCUT2D eigenvalue weighted by Gasteiger charge is -2.01. The first-order valence-corrected chi connectivity index (χ1v) is 8.13. The number of hydrogen-bond donors (Lipinski definition) is 1. The van der Waals surface area contributed by atoms with Gasteiger partial charge in [-0.3, -0.25) is 4.79 Å². The van der Waals surface area contributed by atoms with Crippen LogP contribution >= 0.6 is 15.9 Å². The van der Waals surface area contributed by atoms with Crippen molar-refractivity contribution in [3.05, 3.63) is 68.9 Å². The monoisotopic (exact) mass is 381 g/mol. The topological polar surface area (TPSA) is 71.8 Å². The van der Waals surface area contributed by atoms with E-state index in [0.29, 0.717) is 16.8 Å². The van der Waals surface area contributed by atoms with E-state index in [1.54, 1.807) is 6.20 Å². The Morgan fingerprint density at radius 2 is 2.04 bits per heavy atom. The number of rotatable bonds is 2. The smallest absolute Gasteiger partial charge is 0.263 e. The molecule has 0 atom stereocenters. The van der Waals surface area contributed by atoms with E-state index < -0.39 is 0 Å². The molecule has 4 aromatic rings. The Kier molecular flexibility index (Phi) is 3.54. The first-order valence-electron chi connectivity index (χ1n) is 7.34. The number of benzene rings is 2. The van der Waals surface area contributed by atoms with E-state index in [1.807, 2.05) is 49.4 Å². The third-order valence-corrected chi connectivity index (χ3v) is 4.27. The van der Waals surface area contributed by atoms with Crippen LogP contribution in [0.5, 0.6) is 0 Å². The maximum absolute atomic E-state index is 12.7. The molecule has 0 saturated carbocycles. The Balaban J connectivity index is 1.84. The Bertz CT molecular complexity index is 1110. The highest BCUT2D eigenvalue weighted by Gasteiger charge is 2.15. The van der Waals surface area contributed by atoms with Crippen molar-refractivity contribution >= 4 is 26.8 Å². The fourth-order valence-corrected chi connectivity index (χ4v) is 2.97. The average Bonchev–Trinajstić information content (AvgIpc) is 3.05. The fourth-order valence-electron chi connectivity index (χ4n) is 2.57. The maximum Gasteiger partial charge on any atom is 0.263 e. The SMILES string of the molecule is Cc1ccc2[nH]cc(-c3nc(-c4cccc(Br)c4)no3)c(=O)c2c1. The van der Waals surface area contributed by atoms with Crippen LogP contribution in [0.25, 0.3) is 33.7 Å². The number of halogens is 1. The van der Waals surface area contributed by atoms with Gasteiger partial charge in [0, 0.05) is 27.1 Å². The molecular weight excluding hydrogens is 370 g/mol. The van der Waals surface area contributed by atoms with Gasteiger partial charge in [-0.25, -0.2) is 0 Å². The van der Waals surface area contributed by atoms with E-state index in [-0.39, 0.29) is 11.3 Å². The quantitative estimate of drug-likeness (QED) is 0.561. The summed E-state index contributed by atoms with van der Waals surface area (Å²) in [7, 11) is 0. The van der Waals surface area contributed by atoms with Crippen molar-refractivity contribution in [2.45, 2.75) is 6.92 Å². The van der Waals surface area contributed by atoms with Crippen molar-refractivity contribution in [3.8, 4) is 22.8 Å². The van der Waals surface area contributed by atoms with Gasteiger partial charge >= 0.3 is 0 Å². The van der Waals surface area contributed by atoms with Crippen LogP contribution in [-0.2, 0) is 0 Å². The molecule has 0 aliphatic carbocycles. The summed E-state index contributed by atoms with van der Waals surface area (Å²) >= 11 is 3.42. The molecule has 2 aromatic heterocycles. The van der Waals surface area contributed by atoms with Gasteiger partial charge in [-0.2, -0.15) is 4.98 Å². The first-order chi connectivity index (χ1) is 11.6. The van der Waals surface area contributed by atoms with Crippen LogP contribution in [-0.4, -0.2) is 15.1 Å². The summed E-state index contributed by atoms with van der Waals surface area (Å²) in [5.74, 6) is 0.643. The summed E-state index contributed by atoms with van der Waals surface area (Å²) in [5, 5.41) is 4.59. The molecule has 0 radical (unpaired) electrons. The van der Waals surface area contributed by atoms with Gasteiger partial charge < -0.3 is 9.51 Å². The van der Waals surface area contributed by atoms with Crippen LogP contribution < -0.4 is 5.43 Å². The van der Waals surface area contributed by atoms with Crippen molar-refractivity contribution < 1.29 is 4.52 Å². The Labute approximate surface area is 145 Å². The zero-order valence-electron chi connectivity index (χ0n) is 12.7. The minimum Gasteiger partial charge on any atom is -0.360 e. The molecule has 2 aromatic carbocycles. The minimum absolute atomic E-state index is 0.128. The van der Waals surface area contributed by atoms with Crippen molar-refractivity contribution in [2.24, 2.45) is 0 Å². The zero-order valence-corrected chi connectivity index (χ0v) is 14.3. The van der Waals surface area contributed by atoms with E-state index >= 15 is 0 Å². The molecule has 0 aliphatic rings. The number of aryl methyl sites for hydroxylation is 1. The summed E-state index contributed by atoms with van der Waals surface area (Å²) < 4.78 is 6.23. The second-order valence-electron chi connectivity index (χ2n) is 5.51. The molecule has 5 nitrogen and oxygen atoms in total. The molecule has 6 heteroatoms. The van der Waals surface area contributed by atoms with Crippen LogP contribution in [0.2, 0.25) is 0 Å². The van der Waals surface area contributed by atoms with Crippen molar-refractivity contribution in [1.29, 1.82) is 0 Å². The number of H-pyrrole nitrogens is 1. The summed E-state index contributed by atoms with van der Waals surface area (Å²) in [6, 6.07) is 13.3. The molecule has 0 amide bonds. The number of fused-ring (bicyclic) bond motifs is 1. The summed E-state index contributed by atoms with van der Waals surface area (Å²) in [6.07, 6.45) is 1.61. The van der Waals surface area contributed by atoms with Crippen LogP contribution in [0.15, 0.2) is 62.5 Å². The molecule has 0 unspecified atom stereocenters. The van der Waals surface area contributed by atoms with Gasteiger partial charge in [-0.05, 0) is 31.2 Å². The van der Waals surface area contributed by atoms with Crippen molar-refractivity contribution in [2.75, 3.05) is 0 Å². The normalized spacial score (nSPS) is 11.1. The van der Waals surface area contributed by atoms with Crippen LogP contribution in [0.4, 0.5) is 0 Å². The lowest BCUT2D eigenvalue weighted by atomic mass is 10.1. The molecule has 0 bridgehead atoms. The highest BCUT2D eigenvalue weighted by atomic mass is 79.9. The van der Waals surface area contributed by atoms with Gasteiger partial charge in [0.15, 0.2) is 0 Å².